The van der Waals surface area contributed by atoms with E-state index < -0.39 is 23.0 Å². The van der Waals surface area contributed by atoms with Crippen LogP contribution < -0.4 is 20.9 Å². The van der Waals surface area contributed by atoms with Crippen LogP contribution in [0.3, 0.4) is 0 Å². The zero-order chi connectivity index (χ0) is 19.2. The van der Waals surface area contributed by atoms with Crippen molar-refractivity contribution in [1.29, 1.82) is 0 Å². The summed E-state index contributed by atoms with van der Waals surface area (Å²) in [5.41, 5.74) is -0.501. The van der Waals surface area contributed by atoms with E-state index in [0.29, 0.717) is 11.3 Å². The van der Waals surface area contributed by atoms with Gasteiger partial charge in [0.2, 0.25) is 5.56 Å². The van der Waals surface area contributed by atoms with Gasteiger partial charge in [-0.25, -0.2) is 4.79 Å². The van der Waals surface area contributed by atoms with Crippen LogP contribution in [-0.2, 0) is 16.9 Å². The first-order chi connectivity index (χ1) is 12.9. The van der Waals surface area contributed by atoms with Gasteiger partial charge >= 0.3 is 6.03 Å². The van der Waals surface area contributed by atoms with Crippen LogP contribution in [0, 0.1) is 0 Å². The van der Waals surface area contributed by atoms with Gasteiger partial charge in [-0.15, -0.1) is 0 Å². The summed E-state index contributed by atoms with van der Waals surface area (Å²) >= 11 is 0. The first kappa shape index (κ1) is 16.8. The van der Waals surface area contributed by atoms with Crippen molar-refractivity contribution in [2.45, 2.75) is 12.1 Å². The lowest BCUT2D eigenvalue weighted by Crippen LogP contribution is -2.53. The SMILES string of the molecule is COc1ccc2c(c1)C(=O)N(CC1(c3cccc(=O)[nH]3)NC(=O)NC1=O)C2. The number of nitrogens with zero attached hydrogens (tertiary/aromatic N) is 1. The van der Waals surface area contributed by atoms with E-state index in [1.54, 1.807) is 18.2 Å². The van der Waals surface area contributed by atoms with Crippen LogP contribution in [0.15, 0.2) is 41.2 Å². The molecule has 2 aliphatic rings. The summed E-state index contributed by atoms with van der Waals surface area (Å²) in [6, 6.07) is 8.82. The molecule has 1 saturated heterocycles. The van der Waals surface area contributed by atoms with Gasteiger partial charge in [-0.05, 0) is 23.8 Å². The Morgan fingerprint density at radius 1 is 1.15 bits per heavy atom. The maximum Gasteiger partial charge on any atom is 0.322 e. The third-order valence-corrected chi connectivity index (χ3v) is 4.79. The van der Waals surface area contributed by atoms with E-state index in [4.69, 9.17) is 4.74 Å². The van der Waals surface area contributed by atoms with Gasteiger partial charge in [0.1, 0.15) is 5.75 Å². The maximum atomic E-state index is 12.8. The molecule has 3 N–H and O–H groups in total. The lowest BCUT2D eigenvalue weighted by atomic mass is 9.93. The number of carbonyl (C=O) groups is 3. The molecular weight excluding hydrogens is 352 g/mol. The number of methoxy groups -OCH3 is 1. The second kappa shape index (κ2) is 5.97. The van der Waals surface area contributed by atoms with Crippen molar-refractivity contribution in [1.82, 2.24) is 20.5 Å². The normalized spacial score (nSPS) is 21.1. The maximum absolute atomic E-state index is 12.8. The highest BCUT2D eigenvalue weighted by Crippen LogP contribution is 2.31. The fourth-order valence-corrected chi connectivity index (χ4v) is 3.46. The van der Waals surface area contributed by atoms with E-state index in [1.807, 2.05) is 0 Å². The molecule has 3 heterocycles. The summed E-state index contributed by atoms with van der Waals surface area (Å²) in [5, 5.41) is 4.75. The quantitative estimate of drug-likeness (QED) is 0.660. The second-order valence-electron chi connectivity index (χ2n) is 6.43. The summed E-state index contributed by atoms with van der Waals surface area (Å²) in [6.45, 7) is 0.153. The molecule has 9 nitrogen and oxygen atoms in total. The predicted octanol–water partition coefficient (Wildman–Crippen LogP) is 0.0742. The average molecular weight is 368 g/mol. The molecule has 2 aromatic rings. The highest BCUT2D eigenvalue weighted by molar-refractivity contribution is 6.08. The van der Waals surface area contributed by atoms with Gasteiger partial charge in [0.25, 0.3) is 11.8 Å². The van der Waals surface area contributed by atoms with Gasteiger partial charge in [-0.2, -0.15) is 0 Å². The van der Waals surface area contributed by atoms with Crippen LogP contribution in [0.25, 0.3) is 0 Å². The standard InChI is InChI=1S/C18H16N4O5/c1-27-11-6-5-10-8-22(15(24)12(10)7-11)9-18(16(25)20-17(26)21-18)13-3-2-4-14(23)19-13/h2-7H,8-9H2,1H3,(H,19,23)(H2,20,21,25,26). The topological polar surface area (TPSA) is 121 Å². The molecule has 4 rings (SSSR count). The molecular formula is C18H16N4O5. The Bertz CT molecular complexity index is 1030. The Labute approximate surface area is 153 Å². The van der Waals surface area contributed by atoms with Crippen molar-refractivity contribution < 1.29 is 19.1 Å². The van der Waals surface area contributed by atoms with E-state index >= 15 is 0 Å². The number of ether oxygens (including phenoxy) is 1. The molecule has 9 heteroatoms. The number of aromatic amines is 1. The van der Waals surface area contributed by atoms with Crippen LogP contribution in [0.5, 0.6) is 5.75 Å². The summed E-state index contributed by atoms with van der Waals surface area (Å²) in [7, 11) is 1.51. The van der Waals surface area contributed by atoms with Crippen LogP contribution in [-0.4, -0.2) is 41.4 Å². The number of fused-ring (bicyclic) bond motifs is 1. The zero-order valence-electron chi connectivity index (χ0n) is 14.4. The monoisotopic (exact) mass is 368 g/mol. The average Bonchev–Trinajstić information content (AvgIpc) is 3.11. The molecule has 1 unspecified atom stereocenters. The van der Waals surface area contributed by atoms with Gasteiger partial charge in [-0.3, -0.25) is 19.7 Å². The second-order valence-corrected chi connectivity index (χ2v) is 6.43. The Morgan fingerprint density at radius 2 is 1.96 bits per heavy atom. The van der Waals surface area contributed by atoms with Gasteiger partial charge in [0.15, 0.2) is 5.54 Å². The van der Waals surface area contributed by atoms with Crippen molar-refractivity contribution >= 4 is 17.8 Å². The molecule has 1 aromatic carbocycles. The minimum Gasteiger partial charge on any atom is -0.497 e. The lowest BCUT2D eigenvalue weighted by Gasteiger charge is -2.30. The van der Waals surface area contributed by atoms with Crippen LogP contribution >= 0.6 is 0 Å². The van der Waals surface area contributed by atoms with E-state index in [2.05, 4.69) is 15.6 Å². The van der Waals surface area contributed by atoms with Crippen LogP contribution in [0.4, 0.5) is 4.79 Å². The lowest BCUT2D eigenvalue weighted by molar-refractivity contribution is -0.125. The van der Waals surface area contributed by atoms with Crippen molar-refractivity contribution in [2.24, 2.45) is 0 Å². The van der Waals surface area contributed by atoms with Crippen molar-refractivity contribution in [3.8, 4) is 5.75 Å². The fourth-order valence-electron chi connectivity index (χ4n) is 3.46. The fraction of sp³-hybridized carbons (Fsp3) is 0.222. The summed E-state index contributed by atoms with van der Waals surface area (Å²) in [5.74, 6) is -0.357. The van der Waals surface area contributed by atoms with Crippen molar-refractivity contribution in [3.05, 3.63) is 63.6 Å². The molecule has 0 radical (unpaired) electrons. The number of nitrogens with one attached hydrogen (secondary N) is 3. The highest BCUT2D eigenvalue weighted by atomic mass is 16.5. The smallest absolute Gasteiger partial charge is 0.322 e. The summed E-state index contributed by atoms with van der Waals surface area (Å²) in [4.78, 5) is 53.0. The number of rotatable bonds is 4. The number of aromatic nitrogens is 1. The number of H-pyrrole nitrogens is 1. The third kappa shape index (κ3) is 2.64. The molecule has 4 amide bonds. The van der Waals surface area contributed by atoms with Crippen LogP contribution in [0.2, 0.25) is 0 Å². The Morgan fingerprint density at radius 3 is 2.63 bits per heavy atom. The first-order valence-electron chi connectivity index (χ1n) is 8.22. The molecule has 0 spiro atoms. The Balaban J connectivity index is 1.72. The van der Waals surface area contributed by atoms with Gasteiger partial charge in [-0.1, -0.05) is 12.1 Å². The van der Waals surface area contributed by atoms with E-state index in [9.17, 15) is 19.2 Å². The van der Waals surface area contributed by atoms with E-state index in [-0.39, 0.29) is 24.7 Å². The van der Waals surface area contributed by atoms with E-state index in [0.717, 1.165) is 5.56 Å². The molecule has 2 aliphatic heterocycles. The molecule has 0 bridgehead atoms. The summed E-state index contributed by atoms with van der Waals surface area (Å²) < 4.78 is 5.16. The molecule has 1 atom stereocenters. The molecule has 138 valence electrons. The number of hydrogen-bond acceptors (Lipinski definition) is 5. The summed E-state index contributed by atoms with van der Waals surface area (Å²) in [6.07, 6.45) is 0. The van der Waals surface area contributed by atoms with Gasteiger partial charge in [0.05, 0.1) is 19.3 Å². The number of imide groups is 1. The molecule has 27 heavy (non-hydrogen) atoms. The number of hydrogen-bond donors (Lipinski definition) is 3. The van der Waals surface area contributed by atoms with Crippen LogP contribution in [0.1, 0.15) is 21.6 Å². The van der Waals surface area contributed by atoms with Crippen molar-refractivity contribution in [2.75, 3.05) is 13.7 Å². The predicted molar refractivity (Wildman–Crippen MR) is 93.1 cm³/mol. The number of carbonyl (C=O) groups excluding carboxylic acids is 3. The Kier molecular flexibility index (Phi) is 3.72. The molecule has 0 aliphatic carbocycles. The number of benzene rings is 1. The zero-order valence-corrected chi connectivity index (χ0v) is 14.4. The molecule has 0 saturated carbocycles. The van der Waals surface area contributed by atoms with Gasteiger partial charge in [0, 0.05) is 18.2 Å². The number of urea groups is 1. The number of amides is 4. The van der Waals surface area contributed by atoms with E-state index in [1.165, 1.54) is 30.2 Å². The number of pyridine rings is 1. The minimum atomic E-state index is -1.57. The van der Waals surface area contributed by atoms with Gasteiger partial charge < -0.3 is 19.9 Å². The molecule has 1 fully saturated rings. The van der Waals surface area contributed by atoms with Crippen molar-refractivity contribution in [3.63, 3.8) is 0 Å². The third-order valence-electron chi connectivity index (χ3n) is 4.79. The largest absolute Gasteiger partial charge is 0.497 e. The Hall–Kier alpha value is -3.62. The molecule has 1 aromatic heterocycles. The highest BCUT2D eigenvalue weighted by Gasteiger charge is 2.51. The first-order valence-corrected chi connectivity index (χ1v) is 8.22. The minimum absolute atomic E-state index is 0.125.